The van der Waals surface area contributed by atoms with Crippen LogP contribution in [0.15, 0.2) is 71.6 Å². The van der Waals surface area contributed by atoms with Crippen molar-refractivity contribution in [1.29, 1.82) is 0 Å². The van der Waals surface area contributed by atoms with E-state index in [1.807, 2.05) is 12.1 Å². The summed E-state index contributed by atoms with van der Waals surface area (Å²) in [6, 6.07) is 19.0. The van der Waals surface area contributed by atoms with Gasteiger partial charge in [0.1, 0.15) is 11.5 Å². The Bertz CT molecular complexity index is 1620. The number of nitrogens with one attached hydrogen (secondary N) is 4. The van der Waals surface area contributed by atoms with Gasteiger partial charge in [0, 0.05) is 43.5 Å². The number of rotatable bonds is 11. The Kier molecular flexibility index (Phi) is 7.99. The molecule has 0 aliphatic carbocycles. The van der Waals surface area contributed by atoms with Gasteiger partial charge in [0.2, 0.25) is 5.91 Å². The zero-order valence-corrected chi connectivity index (χ0v) is 22.9. The normalized spacial score (nSPS) is 13.3. The van der Waals surface area contributed by atoms with Crippen LogP contribution in [0.2, 0.25) is 0 Å². The predicted molar refractivity (Wildman–Crippen MR) is 153 cm³/mol. The molecular weight excluding hydrogens is 532 g/mol. The van der Waals surface area contributed by atoms with Crippen LogP contribution in [0.4, 0.5) is 17.3 Å². The number of hydrogen-bond acceptors (Lipinski definition) is 9. The van der Waals surface area contributed by atoms with E-state index >= 15 is 0 Å². The van der Waals surface area contributed by atoms with Gasteiger partial charge in [0.25, 0.3) is 10.0 Å². The van der Waals surface area contributed by atoms with Crippen LogP contribution in [0.3, 0.4) is 0 Å². The monoisotopic (exact) mass is 562 g/mol. The second kappa shape index (κ2) is 11.8. The Balaban J connectivity index is 1.40. The molecule has 40 heavy (non-hydrogen) atoms. The molecule has 0 radical (unpaired) electrons. The molecule has 4 N–H and O–H groups in total. The van der Waals surface area contributed by atoms with Crippen molar-refractivity contribution >= 4 is 44.3 Å². The van der Waals surface area contributed by atoms with Crippen LogP contribution in [0, 0.1) is 5.92 Å². The van der Waals surface area contributed by atoms with Gasteiger partial charge < -0.3 is 25.4 Å². The number of sulfonamides is 1. The number of benzene rings is 3. The van der Waals surface area contributed by atoms with Crippen LogP contribution >= 0.6 is 0 Å². The fraction of sp³-hybridized carbons (Fsp3) is 0.250. The lowest BCUT2D eigenvalue weighted by molar-refractivity contribution is -0.126. The lowest BCUT2D eigenvalue weighted by atomic mass is 10.0. The number of carbonyl (C=O) groups is 1. The van der Waals surface area contributed by atoms with Crippen molar-refractivity contribution in [2.45, 2.75) is 11.3 Å². The SMILES string of the molecule is COc1cc(Nc2nc3ccccc3nc2NS(=O)(=O)c2cccc(CCNC(=O)C3CNC3)c2)cc(OC)c1. The van der Waals surface area contributed by atoms with Crippen molar-refractivity contribution in [2.75, 3.05) is 43.9 Å². The van der Waals surface area contributed by atoms with Crippen molar-refractivity contribution in [3.05, 3.63) is 72.3 Å². The van der Waals surface area contributed by atoms with Gasteiger partial charge in [-0.05, 0) is 36.2 Å². The molecule has 1 aromatic heterocycles. The van der Waals surface area contributed by atoms with E-state index in [1.165, 1.54) is 6.07 Å². The van der Waals surface area contributed by atoms with E-state index in [0.717, 1.165) is 5.56 Å². The number of amides is 1. The summed E-state index contributed by atoms with van der Waals surface area (Å²) in [6.45, 7) is 1.79. The van der Waals surface area contributed by atoms with E-state index in [1.54, 1.807) is 62.8 Å². The number of aromatic nitrogens is 2. The van der Waals surface area contributed by atoms with Crippen LogP contribution in [-0.4, -0.2) is 58.1 Å². The van der Waals surface area contributed by atoms with Crippen molar-refractivity contribution in [2.24, 2.45) is 5.92 Å². The number of para-hydroxylation sites is 2. The van der Waals surface area contributed by atoms with E-state index in [4.69, 9.17) is 9.47 Å². The molecule has 1 amide bonds. The van der Waals surface area contributed by atoms with Gasteiger partial charge in [0.15, 0.2) is 11.6 Å². The molecule has 208 valence electrons. The maximum absolute atomic E-state index is 13.5. The maximum atomic E-state index is 13.5. The quantitative estimate of drug-likeness (QED) is 0.217. The Morgan fingerprint density at radius 3 is 2.23 bits per heavy atom. The Morgan fingerprint density at radius 1 is 0.925 bits per heavy atom. The minimum Gasteiger partial charge on any atom is -0.497 e. The number of carbonyl (C=O) groups excluding carboxylic acids is 1. The van der Waals surface area contributed by atoms with E-state index < -0.39 is 10.0 Å². The molecule has 0 bridgehead atoms. The predicted octanol–water partition coefficient (Wildman–Crippen LogP) is 3.07. The molecule has 12 heteroatoms. The highest BCUT2D eigenvalue weighted by atomic mass is 32.2. The van der Waals surface area contributed by atoms with Crippen LogP contribution in [0.1, 0.15) is 5.56 Å². The number of nitrogens with zero attached hydrogens (tertiary/aromatic N) is 2. The molecule has 4 aromatic rings. The second-order valence-electron chi connectivity index (χ2n) is 9.28. The number of hydrogen-bond donors (Lipinski definition) is 4. The van der Waals surface area contributed by atoms with Crippen LogP contribution in [-0.2, 0) is 21.2 Å². The van der Waals surface area contributed by atoms with Crippen LogP contribution in [0.25, 0.3) is 11.0 Å². The fourth-order valence-electron chi connectivity index (χ4n) is 4.18. The van der Waals surface area contributed by atoms with Gasteiger partial charge in [-0.15, -0.1) is 0 Å². The van der Waals surface area contributed by atoms with Crippen molar-refractivity contribution < 1.29 is 22.7 Å². The van der Waals surface area contributed by atoms with Crippen molar-refractivity contribution in [1.82, 2.24) is 20.6 Å². The number of ether oxygens (including phenoxy) is 2. The molecule has 1 saturated heterocycles. The number of methoxy groups -OCH3 is 2. The molecule has 3 aromatic carbocycles. The Labute approximate surface area is 232 Å². The summed E-state index contributed by atoms with van der Waals surface area (Å²) in [4.78, 5) is 21.3. The second-order valence-corrected chi connectivity index (χ2v) is 11.0. The highest BCUT2D eigenvalue weighted by molar-refractivity contribution is 7.92. The lowest BCUT2D eigenvalue weighted by Gasteiger charge is -2.25. The highest BCUT2D eigenvalue weighted by Crippen LogP contribution is 2.31. The van der Waals surface area contributed by atoms with Crippen LogP contribution in [0.5, 0.6) is 11.5 Å². The first-order valence-electron chi connectivity index (χ1n) is 12.7. The Morgan fingerprint density at radius 2 is 1.60 bits per heavy atom. The molecule has 0 unspecified atom stereocenters. The molecular formula is C28H30N6O5S. The largest absolute Gasteiger partial charge is 0.497 e. The molecule has 1 aliphatic heterocycles. The van der Waals surface area contributed by atoms with Gasteiger partial charge in [0.05, 0.1) is 36.1 Å². The Hall–Kier alpha value is -4.42. The molecule has 2 heterocycles. The molecule has 0 spiro atoms. The minimum atomic E-state index is -4.03. The first-order chi connectivity index (χ1) is 19.3. The summed E-state index contributed by atoms with van der Waals surface area (Å²) >= 11 is 0. The number of fused-ring (bicyclic) bond motifs is 1. The third-order valence-corrected chi connectivity index (χ3v) is 7.83. The summed E-state index contributed by atoms with van der Waals surface area (Å²) in [5.41, 5.74) is 2.47. The molecule has 5 rings (SSSR count). The first kappa shape index (κ1) is 27.2. The first-order valence-corrected chi connectivity index (χ1v) is 14.2. The summed E-state index contributed by atoms with van der Waals surface area (Å²) < 4.78 is 40.3. The summed E-state index contributed by atoms with van der Waals surface area (Å²) in [6.07, 6.45) is 0.496. The van der Waals surface area contributed by atoms with Crippen LogP contribution < -0.4 is 30.1 Å². The summed E-state index contributed by atoms with van der Waals surface area (Å²) in [5, 5.41) is 9.13. The van der Waals surface area contributed by atoms with Gasteiger partial charge in [-0.2, -0.15) is 0 Å². The smallest absolute Gasteiger partial charge is 0.263 e. The average molecular weight is 563 g/mol. The summed E-state index contributed by atoms with van der Waals surface area (Å²) in [7, 11) is -0.945. The maximum Gasteiger partial charge on any atom is 0.263 e. The van der Waals surface area contributed by atoms with Gasteiger partial charge in [-0.3, -0.25) is 9.52 Å². The third kappa shape index (κ3) is 6.24. The minimum absolute atomic E-state index is 0.000148. The average Bonchev–Trinajstić information content (AvgIpc) is 2.92. The van der Waals surface area contributed by atoms with Crippen molar-refractivity contribution in [3.8, 4) is 11.5 Å². The van der Waals surface area contributed by atoms with E-state index in [-0.39, 0.29) is 28.4 Å². The van der Waals surface area contributed by atoms with Crippen molar-refractivity contribution in [3.63, 3.8) is 0 Å². The molecule has 11 nitrogen and oxygen atoms in total. The highest BCUT2D eigenvalue weighted by Gasteiger charge is 2.24. The lowest BCUT2D eigenvalue weighted by Crippen LogP contribution is -2.51. The van der Waals surface area contributed by atoms with E-state index in [9.17, 15) is 13.2 Å². The summed E-state index contributed by atoms with van der Waals surface area (Å²) in [5.74, 6) is 1.35. The topological polar surface area (TPSA) is 144 Å². The fourth-order valence-corrected chi connectivity index (χ4v) is 5.26. The van der Waals surface area contributed by atoms with E-state index in [2.05, 4.69) is 30.6 Å². The van der Waals surface area contributed by atoms with Gasteiger partial charge >= 0.3 is 0 Å². The van der Waals surface area contributed by atoms with E-state index in [0.29, 0.717) is 54.3 Å². The zero-order chi connectivity index (χ0) is 28.1. The molecule has 1 fully saturated rings. The zero-order valence-electron chi connectivity index (χ0n) is 22.1. The molecule has 0 atom stereocenters. The van der Waals surface area contributed by atoms with Gasteiger partial charge in [-0.25, -0.2) is 18.4 Å². The number of anilines is 3. The third-order valence-electron chi connectivity index (χ3n) is 6.49. The molecule has 1 aliphatic rings. The standard InChI is InChI=1S/C28H30N6O5S/c1-38-21-13-20(14-22(15-21)39-2)31-26-27(33-25-9-4-3-8-24(25)32-26)34-40(36,37)23-7-5-6-18(12-23)10-11-30-28(35)19-16-29-17-19/h3-9,12-15,19,29H,10-11,16-17H2,1-2H3,(H,30,35)(H,31,32)(H,33,34). The van der Waals surface area contributed by atoms with Gasteiger partial charge in [-0.1, -0.05) is 24.3 Å². The molecule has 0 saturated carbocycles.